The number of methoxy groups -OCH3 is 1. The SMILES string of the molecule is CO[C@H]1O[C@H](COCc2ccccc2)[C@@H](OCc2ccccc2)[C@H](OCc2ccccc2)[C@@H]1NP(=O)(OC)OC. The molecule has 0 spiro atoms. The lowest BCUT2D eigenvalue weighted by molar-refractivity contribution is -0.283. The molecule has 1 saturated heterocycles. The summed E-state index contributed by atoms with van der Waals surface area (Å²) in [6.45, 7) is 1.22. The van der Waals surface area contributed by atoms with Gasteiger partial charge in [0.05, 0.1) is 32.5 Å². The molecule has 3 aromatic carbocycles. The Balaban J connectivity index is 1.61. The third-order valence-corrected chi connectivity index (χ3v) is 8.21. The highest BCUT2D eigenvalue weighted by Gasteiger charge is 2.50. The summed E-state index contributed by atoms with van der Waals surface area (Å²) in [5, 5.41) is 2.97. The number of hydrogen-bond acceptors (Lipinski definition) is 8. The first kappa shape index (κ1) is 30.5. The van der Waals surface area contributed by atoms with Gasteiger partial charge in [-0.05, 0) is 16.7 Å². The standard InChI is InChI=1S/C30H38NO8P/c1-33-30-27(31-40(32,34-2)35-3)29(38-21-25-17-11-6-12-18-25)28(37-20-24-15-9-5-10-16-24)26(39-30)22-36-19-23-13-7-4-8-14-23/h4-18,26-30H,19-22H2,1-3H3,(H,31,32)/t26-,27+,28-,29-,30+/m1/s1. The maximum absolute atomic E-state index is 13.2. The van der Waals surface area contributed by atoms with Crippen LogP contribution in [0.15, 0.2) is 91.0 Å². The summed E-state index contributed by atoms with van der Waals surface area (Å²) in [6.07, 6.45) is -2.71. The van der Waals surface area contributed by atoms with Gasteiger partial charge in [-0.15, -0.1) is 0 Å². The molecule has 1 aliphatic rings. The first-order valence-corrected chi connectivity index (χ1v) is 14.7. The van der Waals surface area contributed by atoms with Crippen LogP contribution in [0.4, 0.5) is 0 Å². The average molecular weight is 572 g/mol. The van der Waals surface area contributed by atoms with Crippen molar-refractivity contribution >= 4 is 7.75 Å². The first-order valence-electron chi connectivity index (χ1n) is 13.2. The summed E-state index contributed by atoms with van der Waals surface area (Å²) in [6, 6.07) is 28.8. The van der Waals surface area contributed by atoms with Crippen molar-refractivity contribution in [1.82, 2.24) is 5.09 Å². The Morgan fingerprint density at radius 1 is 0.700 bits per heavy atom. The molecule has 216 valence electrons. The maximum Gasteiger partial charge on any atom is 0.405 e. The third-order valence-electron chi connectivity index (χ3n) is 6.63. The van der Waals surface area contributed by atoms with E-state index in [9.17, 15) is 4.57 Å². The molecule has 1 aliphatic heterocycles. The minimum Gasteiger partial charge on any atom is -0.374 e. The highest BCUT2D eigenvalue weighted by atomic mass is 31.2. The molecule has 0 bridgehead atoms. The van der Waals surface area contributed by atoms with E-state index in [1.165, 1.54) is 21.3 Å². The van der Waals surface area contributed by atoms with Gasteiger partial charge in [-0.1, -0.05) is 91.0 Å². The Labute approximate surface area is 236 Å². The van der Waals surface area contributed by atoms with E-state index in [2.05, 4.69) is 5.09 Å². The van der Waals surface area contributed by atoms with E-state index < -0.39 is 38.4 Å². The summed E-state index contributed by atoms with van der Waals surface area (Å²) in [7, 11) is 0.448. The minimum absolute atomic E-state index is 0.221. The summed E-state index contributed by atoms with van der Waals surface area (Å²) < 4.78 is 54.7. The van der Waals surface area contributed by atoms with E-state index in [0.717, 1.165) is 16.7 Å². The Morgan fingerprint density at radius 2 is 1.18 bits per heavy atom. The van der Waals surface area contributed by atoms with Gasteiger partial charge >= 0.3 is 7.75 Å². The van der Waals surface area contributed by atoms with Crippen molar-refractivity contribution in [2.75, 3.05) is 27.9 Å². The normalized spacial score (nSPS) is 23.2. The highest BCUT2D eigenvalue weighted by molar-refractivity contribution is 7.51. The van der Waals surface area contributed by atoms with Crippen LogP contribution in [-0.4, -0.2) is 58.6 Å². The lowest BCUT2D eigenvalue weighted by atomic mass is 9.96. The number of rotatable bonds is 15. The lowest BCUT2D eigenvalue weighted by Crippen LogP contribution is -2.64. The fraction of sp³-hybridized carbons (Fsp3) is 0.400. The molecule has 1 N–H and O–H groups in total. The average Bonchev–Trinajstić information content (AvgIpc) is 3.01. The third kappa shape index (κ3) is 8.54. The van der Waals surface area contributed by atoms with Gasteiger partial charge < -0.3 is 32.7 Å². The van der Waals surface area contributed by atoms with E-state index >= 15 is 0 Å². The fourth-order valence-electron chi connectivity index (χ4n) is 4.54. The van der Waals surface area contributed by atoms with E-state index in [1.807, 2.05) is 91.0 Å². The van der Waals surface area contributed by atoms with Crippen molar-refractivity contribution in [3.05, 3.63) is 108 Å². The summed E-state index contributed by atoms with van der Waals surface area (Å²) in [5.74, 6) is 0. The molecule has 40 heavy (non-hydrogen) atoms. The molecule has 0 radical (unpaired) electrons. The topological polar surface area (TPSA) is 93.7 Å². The van der Waals surface area contributed by atoms with Crippen LogP contribution in [0.3, 0.4) is 0 Å². The van der Waals surface area contributed by atoms with Gasteiger partial charge in [-0.2, -0.15) is 0 Å². The Bertz CT molecular complexity index is 1160. The summed E-state index contributed by atoms with van der Waals surface area (Å²) in [4.78, 5) is 0. The van der Waals surface area contributed by atoms with Gasteiger partial charge in [-0.25, -0.2) is 9.65 Å². The molecule has 0 aliphatic carbocycles. The molecule has 4 rings (SSSR count). The van der Waals surface area contributed by atoms with Crippen molar-refractivity contribution < 1.29 is 37.3 Å². The Kier molecular flexibility index (Phi) is 11.9. The van der Waals surface area contributed by atoms with E-state index in [0.29, 0.717) is 13.2 Å². The minimum atomic E-state index is -3.69. The smallest absolute Gasteiger partial charge is 0.374 e. The van der Waals surface area contributed by atoms with Gasteiger partial charge in [-0.3, -0.25) is 0 Å². The first-order chi connectivity index (χ1) is 19.5. The molecule has 3 aromatic rings. The second kappa shape index (κ2) is 15.5. The molecular formula is C30H38NO8P. The van der Waals surface area contributed by atoms with Crippen LogP contribution < -0.4 is 5.09 Å². The predicted molar refractivity (Wildman–Crippen MR) is 150 cm³/mol. The Hall–Kier alpha value is -2.43. The number of ether oxygens (including phenoxy) is 5. The van der Waals surface area contributed by atoms with Crippen molar-refractivity contribution in [2.24, 2.45) is 0 Å². The van der Waals surface area contributed by atoms with Gasteiger partial charge in [0.2, 0.25) is 0 Å². The molecule has 1 heterocycles. The number of benzene rings is 3. The monoisotopic (exact) mass is 571 g/mol. The maximum atomic E-state index is 13.2. The van der Waals surface area contributed by atoms with Gasteiger partial charge in [0, 0.05) is 21.3 Å². The molecular weight excluding hydrogens is 533 g/mol. The van der Waals surface area contributed by atoms with Crippen molar-refractivity contribution in [3.8, 4) is 0 Å². The van der Waals surface area contributed by atoms with E-state index in [1.54, 1.807) is 0 Å². The van der Waals surface area contributed by atoms with Crippen molar-refractivity contribution in [1.29, 1.82) is 0 Å². The van der Waals surface area contributed by atoms with Crippen LogP contribution in [0.2, 0.25) is 0 Å². The molecule has 9 nitrogen and oxygen atoms in total. The van der Waals surface area contributed by atoms with Crippen LogP contribution in [-0.2, 0) is 57.1 Å². The second-order valence-electron chi connectivity index (χ2n) is 9.32. The zero-order valence-electron chi connectivity index (χ0n) is 23.1. The van der Waals surface area contributed by atoms with Crippen molar-refractivity contribution in [2.45, 2.75) is 50.5 Å². The van der Waals surface area contributed by atoms with Gasteiger partial charge in [0.1, 0.15) is 18.3 Å². The molecule has 0 amide bonds. The number of hydrogen-bond donors (Lipinski definition) is 1. The zero-order chi connectivity index (χ0) is 28.2. The molecule has 0 aromatic heterocycles. The quantitative estimate of drug-likeness (QED) is 0.250. The van der Waals surface area contributed by atoms with Crippen LogP contribution in [0.25, 0.3) is 0 Å². The van der Waals surface area contributed by atoms with Crippen LogP contribution in [0.1, 0.15) is 16.7 Å². The summed E-state index contributed by atoms with van der Waals surface area (Å²) in [5.41, 5.74) is 3.01. The van der Waals surface area contributed by atoms with Crippen molar-refractivity contribution in [3.63, 3.8) is 0 Å². The fourth-order valence-corrected chi connectivity index (χ4v) is 5.53. The second-order valence-corrected chi connectivity index (χ2v) is 11.3. The molecule has 0 saturated carbocycles. The molecule has 0 unspecified atom stereocenters. The van der Waals surface area contributed by atoms with Crippen LogP contribution in [0, 0.1) is 0 Å². The number of nitrogens with one attached hydrogen (secondary N) is 1. The summed E-state index contributed by atoms with van der Waals surface area (Å²) >= 11 is 0. The molecule has 1 fully saturated rings. The molecule has 5 atom stereocenters. The van der Waals surface area contributed by atoms with E-state index in [-0.39, 0.29) is 13.2 Å². The van der Waals surface area contributed by atoms with E-state index in [4.69, 9.17) is 32.7 Å². The predicted octanol–water partition coefficient (Wildman–Crippen LogP) is 5.10. The Morgan fingerprint density at radius 3 is 1.65 bits per heavy atom. The van der Waals surface area contributed by atoms with Crippen LogP contribution in [0.5, 0.6) is 0 Å². The van der Waals surface area contributed by atoms with Crippen LogP contribution >= 0.6 is 7.75 Å². The highest BCUT2D eigenvalue weighted by Crippen LogP contribution is 2.44. The van der Waals surface area contributed by atoms with Gasteiger partial charge in [0.25, 0.3) is 0 Å². The lowest BCUT2D eigenvalue weighted by Gasteiger charge is -2.46. The zero-order valence-corrected chi connectivity index (χ0v) is 24.0. The largest absolute Gasteiger partial charge is 0.405 e. The molecule has 10 heteroatoms. The van der Waals surface area contributed by atoms with Gasteiger partial charge in [0.15, 0.2) is 6.29 Å².